The second-order valence-electron chi connectivity index (χ2n) is 6.97. The summed E-state index contributed by atoms with van der Waals surface area (Å²) in [4.78, 5) is 40.5. The maximum atomic E-state index is 13.2. The predicted octanol–water partition coefficient (Wildman–Crippen LogP) is 2.44. The van der Waals surface area contributed by atoms with Crippen LogP contribution < -0.4 is 4.74 Å². The number of Topliss-reactive ketones (excluding diaryl/α,β-unsaturated/α-hetero) is 1. The van der Waals surface area contributed by atoms with Crippen molar-refractivity contribution in [2.45, 2.75) is 12.3 Å². The molecule has 2 aliphatic rings. The molecule has 0 radical (unpaired) electrons. The molecule has 0 spiro atoms. The van der Waals surface area contributed by atoms with E-state index in [9.17, 15) is 14.4 Å². The predicted molar refractivity (Wildman–Crippen MR) is 101 cm³/mol. The summed E-state index contributed by atoms with van der Waals surface area (Å²) in [6, 6.07) is 16.0. The molecule has 0 saturated carbocycles. The second kappa shape index (κ2) is 7.94. The van der Waals surface area contributed by atoms with Gasteiger partial charge in [0.05, 0.1) is 18.8 Å². The van der Waals surface area contributed by atoms with Gasteiger partial charge in [-0.3, -0.25) is 14.4 Å². The molecule has 2 aromatic carbocycles. The third-order valence-corrected chi connectivity index (χ3v) is 5.29. The first kappa shape index (κ1) is 18.4. The van der Waals surface area contributed by atoms with Gasteiger partial charge in [0, 0.05) is 25.4 Å². The number of carbonyl (C=O) groups is 3. The van der Waals surface area contributed by atoms with Crippen LogP contribution in [0.15, 0.2) is 54.6 Å². The number of para-hydroxylation sites is 1. The van der Waals surface area contributed by atoms with Gasteiger partial charge in [0.1, 0.15) is 11.7 Å². The number of esters is 1. The number of nitrogens with zero attached hydrogens (tertiary/aromatic N) is 1. The van der Waals surface area contributed by atoms with E-state index in [-0.39, 0.29) is 23.9 Å². The number of carbonyl (C=O) groups excluding carboxylic acids is 3. The van der Waals surface area contributed by atoms with Crippen molar-refractivity contribution in [2.24, 2.45) is 5.92 Å². The number of fused-ring (bicyclic) bond motifs is 1. The summed E-state index contributed by atoms with van der Waals surface area (Å²) in [6.07, 6.45) is 0.0671. The van der Waals surface area contributed by atoms with Crippen LogP contribution in [0, 0.1) is 5.92 Å². The zero-order valence-corrected chi connectivity index (χ0v) is 15.4. The number of morpholine rings is 1. The van der Waals surface area contributed by atoms with Gasteiger partial charge in [-0.1, -0.05) is 42.5 Å². The molecule has 0 aromatic heterocycles. The molecule has 1 amide bonds. The minimum Gasteiger partial charge on any atom is -0.425 e. The van der Waals surface area contributed by atoms with Gasteiger partial charge in [-0.15, -0.1) is 0 Å². The molecular weight excluding hydrogens is 358 g/mol. The highest BCUT2D eigenvalue weighted by Gasteiger charge is 2.43. The van der Waals surface area contributed by atoms with Crippen LogP contribution in [0.2, 0.25) is 0 Å². The normalized spacial score (nSPS) is 20.3. The fourth-order valence-corrected chi connectivity index (χ4v) is 3.81. The van der Waals surface area contributed by atoms with E-state index in [0.717, 1.165) is 5.56 Å². The van der Waals surface area contributed by atoms with Gasteiger partial charge in [0.15, 0.2) is 5.78 Å². The Hall–Kier alpha value is -2.99. The monoisotopic (exact) mass is 379 g/mol. The zero-order valence-electron chi connectivity index (χ0n) is 15.4. The standard InChI is InChI=1S/C22H21NO5/c24-19(23-10-12-27-13-11-23)14-17(15-6-2-1-3-7-15)20-21(25)16-8-4-5-9-18(16)28-22(20)26/h1-9,17,20H,10-14H2. The summed E-state index contributed by atoms with van der Waals surface area (Å²) in [7, 11) is 0. The van der Waals surface area contributed by atoms with Crippen LogP contribution >= 0.6 is 0 Å². The van der Waals surface area contributed by atoms with E-state index in [2.05, 4.69) is 0 Å². The summed E-state index contributed by atoms with van der Waals surface area (Å²) in [5, 5.41) is 0. The fraction of sp³-hybridized carbons (Fsp3) is 0.318. The SMILES string of the molecule is O=C1Oc2ccccc2C(=O)C1C(CC(=O)N1CCOCC1)c1ccccc1. The average Bonchev–Trinajstić information content (AvgIpc) is 2.74. The lowest BCUT2D eigenvalue weighted by atomic mass is 9.78. The van der Waals surface area contributed by atoms with E-state index < -0.39 is 17.8 Å². The maximum Gasteiger partial charge on any atom is 0.322 e. The number of benzene rings is 2. The minimum atomic E-state index is -1.04. The third-order valence-electron chi connectivity index (χ3n) is 5.29. The Bertz CT molecular complexity index is 889. The third kappa shape index (κ3) is 3.55. The molecule has 28 heavy (non-hydrogen) atoms. The van der Waals surface area contributed by atoms with Gasteiger partial charge in [-0.2, -0.15) is 0 Å². The molecule has 2 unspecified atom stereocenters. The van der Waals surface area contributed by atoms with Crippen LogP contribution in [0.5, 0.6) is 5.75 Å². The minimum absolute atomic E-state index is 0.0671. The fourth-order valence-electron chi connectivity index (χ4n) is 3.81. The number of hydrogen-bond donors (Lipinski definition) is 0. The first-order chi connectivity index (χ1) is 13.6. The molecule has 2 heterocycles. The molecule has 6 nitrogen and oxygen atoms in total. The van der Waals surface area contributed by atoms with Crippen molar-refractivity contribution >= 4 is 17.7 Å². The van der Waals surface area contributed by atoms with Crippen molar-refractivity contribution < 1.29 is 23.9 Å². The van der Waals surface area contributed by atoms with Crippen LogP contribution in [0.25, 0.3) is 0 Å². The summed E-state index contributed by atoms with van der Waals surface area (Å²) in [5.41, 5.74) is 1.16. The maximum absolute atomic E-state index is 13.2. The van der Waals surface area contributed by atoms with E-state index in [1.807, 2.05) is 30.3 Å². The van der Waals surface area contributed by atoms with Crippen molar-refractivity contribution in [1.82, 2.24) is 4.90 Å². The molecule has 0 aliphatic carbocycles. The van der Waals surface area contributed by atoms with Crippen LogP contribution in [0.3, 0.4) is 0 Å². The van der Waals surface area contributed by atoms with Crippen molar-refractivity contribution in [1.29, 1.82) is 0 Å². The molecule has 2 aliphatic heterocycles. The molecule has 0 bridgehead atoms. The highest BCUT2D eigenvalue weighted by Crippen LogP contribution is 2.37. The Kier molecular flexibility index (Phi) is 5.21. The smallest absolute Gasteiger partial charge is 0.322 e. The van der Waals surface area contributed by atoms with Crippen molar-refractivity contribution in [3.63, 3.8) is 0 Å². The Morgan fingerprint density at radius 3 is 2.43 bits per heavy atom. The van der Waals surface area contributed by atoms with Crippen LogP contribution in [-0.2, 0) is 14.3 Å². The van der Waals surface area contributed by atoms with Gasteiger partial charge >= 0.3 is 5.97 Å². The van der Waals surface area contributed by atoms with E-state index in [0.29, 0.717) is 31.9 Å². The van der Waals surface area contributed by atoms with Crippen molar-refractivity contribution in [2.75, 3.05) is 26.3 Å². The molecule has 2 atom stereocenters. The van der Waals surface area contributed by atoms with Gasteiger partial charge in [0.25, 0.3) is 0 Å². The van der Waals surface area contributed by atoms with E-state index in [4.69, 9.17) is 9.47 Å². The lowest BCUT2D eigenvalue weighted by Crippen LogP contribution is -2.43. The van der Waals surface area contributed by atoms with Crippen LogP contribution in [-0.4, -0.2) is 48.9 Å². The molecule has 1 saturated heterocycles. The van der Waals surface area contributed by atoms with Crippen LogP contribution in [0.1, 0.15) is 28.3 Å². The molecule has 4 rings (SSSR count). The molecule has 0 N–H and O–H groups in total. The van der Waals surface area contributed by atoms with Gasteiger partial charge < -0.3 is 14.4 Å². The molecule has 6 heteroatoms. The first-order valence-electron chi connectivity index (χ1n) is 9.40. The number of ether oxygens (including phenoxy) is 2. The highest BCUT2D eigenvalue weighted by atomic mass is 16.5. The summed E-state index contributed by atoms with van der Waals surface area (Å²) < 4.78 is 10.7. The Morgan fingerprint density at radius 2 is 1.68 bits per heavy atom. The van der Waals surface area contributed by atoms with Crippen LogP contribution in [0.4, 0.5) is 0 Å². The zero-order chi connectivity index (χ0) is 19.5. The quantitative estimate of drug-likeness (QED) is 0.463. The number of rotatable bonds is 4. The number of amides is 1. The largest absolute Gasteiger partial charge is 0.425 e. The van der Waals surface area contributed by atoms with Crippen molar-refractivity contribution in [3.05, 3.63) is 65.7 Å². The summed E-state index contributed by atoms with van der Waals surface area (Å²) in [5.74, 6) is -2.33. The van der Waals surface area contributed by atoms with Gasteiger partial charge in [0.2, 0.25) is 5.91 Å². The first-order valence-corrected chi connectivity index (χ1v) is 9.40. The molecule has 1 fully saturated rings. The van der Waals surface area contributed by atoms with E-state index >= 15 is 0 Å². The van der Waals surface area contributed by atoms with E-state index in [1.165, 1.54) is 0 Å². The molecule has 2 aromatic rings. The second-order valence-corrected chi connectivity index (χ2v) is 6.97. The number of hydrogen-bond acceptors (Lipinski definition) is 5. The molecular formula is C22H21NO5. The highest BCUT2D eigenvalue weighted by molar-refractivity contribution is 6.14. The van der Waals surface area contributed by atoms with E-state index in [1.54, 1.807) is 29.2 Å². The Morgan fingerprint density at radius 1 is 1.00 bits per heavy atom. The van der Waals surface area contributed by atoms with Crippen molar-refractivity contribution in [3.8, 4) is 5.75 Å². The summed E-state index contributed by atoms with van der Waals surface area (Å²) in [6.45, 7) is 2.04. The topological polar surface area (TPSA) is 72.9 Å². The lowest BCUT2D eigenvalue weighted by Gasteiger charge is -2.32. The summed E-state index contributed by atoms with van der Waals surface area (Å²) >= 11 is 0. The van der Waals surface area contributed by atoms with Gasteiger partial charge in [-0.25, -0.2) is 0 Å². The average molecular weight is 379 g/mol. The lowest BCUT2D eigenvalue weighted by molar-refractivity contribution is -0.140. The molecule has 144 valence electrons. The van der Waals surface area contributed by atoms with Gasteiger partial charge in [-0.05, 0) is 17.7 Å². The Labute approximate surface area is 163 Å². The Balaban J connectivity index is 1.66. The number of ketones is 1.